The molecule has 0 aliphatic heterocycles. The number of hydrogen-bond donors (Lipinski definition) is 3. The zero-order chi connectivity index (χ0) is 13.5. The van der Waals surface area contributed by atoms with Crippen LogP contribution in [0.3, 0.4) is 0 Å². The molecule has 0 heterocycles. The van der Waals surface area contributed by atoms with E-state index < -0.39 is 5.97 Å². The van der Waals surface area contributed by atoms with Crippen molar-refractivity contribution in [1.82, 2.24) is 10.6 Å². The molecule has 6 heteroatoms. The van der Waals surface area contributed by atoms with Crippen LogP contribution in [0.5, 0.6) is 0 Å². The van der Waals surface area contributed by atoms with Gasteiger partial charge in [0.05, 0.1) is 5.92 Å². The molecule has 0 aromatic heterocycles. The van der Waals surface area contributed by atoms with Crippen molar-refractivity contribution < 1.29 is 19.5 Å². The highest BCUT2D eigenvalue weighted by Gasteiger charge is 2.26. The average molecular weight is 256 g/mol. The van der Waals surface area contributed by atoms with Gasteiger partial charge >= 0.3 is 5.97 Å². The molecule has 0 bridgehead atoms. The van der Waals surface area contributed by atoms with Gasteiger partial charge in [0.25, 0.3) is 0 Å². The number of rotatable bonds is 5. The molecule has 1 aliphatic rings. The molecule has 1 saturated carbocycles. The SMILES string of the molecule is CC(=O)NCCC(=O)NC1CCC(C(=O)O)CC1. The molecule has 0 saturated heterocycles. The van der Waals surface area contributed by atoms with Gasteiger partial charge in [-0.05, 0) is 25.7 Å². The van der Waals surface area contributed by atoms with Gasteiger partial charge in [-0.25, -0.2) is 0 Å². The first kappa shape index (κ1) is 14.5. The minimum atomic E-state index is -0.745. The number of carbonyl (C=O) groups is 3. The van der Waals surface area contributed by atoms with Crippen LogP contribution in [-0.2, 0) is 14.4 Å². The van der Waals surface area contributed by atoms with Crippen molar-refractivity contribution in [2.45, 2.75) is 45.1 Å². The van der Waals surface area contributed by atoms with Crippen LogP contribution in [0.15, 0.2) is 0 Å². The molecule has 18 heavy (non-hydrogen) atoms. The lowest BCUT2D eigenvalue weighted by Crippen LogP contribution is -2.39. The minimum absolute atomic E-state index is 0.0745. The van der Waals surface area contributed by atoms with E-state index >= 15 is 0 Å². The largest absolute Gasteiger partial charge is 0.481 e. The first-order valence-electron chi connectivity index (χ1n) is 6.25. The van der Waals surface area contributed by atoms with E-state index in [1.807, 2.05) is 0 Å². The van der Waals surface area contributed by atoms with E-state index in [9.17, 15) is 14.4 Å². The third-order valence-corrected chi connectivity index (χ3v) is 3.17. The molecule has 0 aromatic rings. The summed E-state index contributed by atoms with van der Waals surface area (Å²) in [6.07, 6.45) is 2.92. The highest BCUT2D eigenvalue weighted by atomic mass is 16.4. The first-order chi connectivity index (χ1) is 8.49. The number of amides is 2. The maximum Gasteiger partial charge on any atom is 0.306 e. The van der Waals surface area contributed by atoms with E-state index in [2.05, 4.69) is 10.6 Å². The van der Waals surface area contributed by atoms with Crippen molar-refractivity contribution in [2.75, 3.05) is 6.54 Å². The Morgan fingerprint density at radius 2 is 1.78 bits per heavy atom. The molecule has 1 rings (SSSR count). The molecule has 2 amide bonds. The Morgan fingerprint density at radius 1 is 1.17 bits per heavy atom. The zero-order valence-electron chi connectivity index (χ0n) is 10.6. The highest BCUT2D eigenvalue weighted by Crippen LogP contribution is 2.24. The fourth-order valence-corrected chi connectivity index (χ4v) is 2.14. The fourth-order valence-electron chi connectivity index (χ4n) is 2.14. The Labute approximate surface area is 106 Å². The standard InChI is InChI=1S/C12H20N2O4/c1-8(15)13-7-6-11(16)14-10-4-2-9(3-5-10)12(17)18/h9-10H,2-7H2,1H3,(H,13,15)(H,14,16)(H,17,18). The zero-order valence-corrected chi connectivity index (χ0v) is 10.6. The van der Waals surface area contributed by atoms with Crippen LogP contribution in [0, 0.1) is 5.92 Å². The monoisotopic (exact) mass is 256 g/mol. The third kappa shape index (κ3) is 5.16. The predicted molar refractivity (Wildman–Crippen MR) is 64.8 cm³/mol. The van der Waals surface area contributed by atoms with Gasteiger partial charge in [0.15, 0.2) is 0 Å². The summed E-state index contributed by atoms with van der Waals surface area (Å²) in [5, 5.41) is 14.3. The molecular formula is C12H20N2O4. The number of hydrogen-bond acceptors (Lipinski definition) is 3. The molecule has 0 atom stereocenters. The summed E-state index contributed by atoms with van der Waals surface area (Å²) in [6.45, 7) is 1.75. The highest BCUT2D eigenvalue weighted by molar-refractivity contribution is 5.78. The molecule has 1 aliphatic carbocycles. The summed E-state index contributed by atoms with van der Waals surface area (Å²) in [5.41, 5.74) is 0. The Morgan fingerprint density at radius 3 is 2.28 bits per heavy atom. The van der Waals surface area contributed by atoms with Crippen LogP contribution in [0.25, 0.3) is 0 Å². The fraction of sp³-hybridized carbons (Fsp3) is 0.750. The second-order valence-corrected chi connectivity index (χ2v) is 4.69. The molecule has 1 fully saturated rings. The van der Waals surface area contributed by atoms with Gasteiger partial charge < -0.3 is 15.7 Å². The van der Waals surface area contributed by atoms with Crippen LogP contribution >= 0.6 is 0 Å². The van der Waals surface area contributed by atoms with Crippen LogP contribution in [0.2, 0.25) is 0 Å². The molecule has 6 nitrogen and oxygen atoms in total. The van der Waals surface area contributed by atoms with Gasteiger partial charge in [0.1, 0.15) is 0 Å². The predicted octanol–water partition coefficient (Wildman–Crippen LogP) is 0.272. The minimum Gasteiger partial charge on any atom is -0.481 e. The second-order valence-electron chi connectivity index (χ2n) is 4.69. The van der Waals surface area contributed by atoms with Gasteiger partial charge in [0.2, 0.25) is 11.8 Å². The van der Waals surface area contributed by atoms with E-state index in [1.54, 1.807) is 0 Å². The molecule has 0 unspecified atom stereocenters. The van der Waals surface area contributed by atoms with Crippen LogP contribution in [-0.4, -0.2) is 35.5 Å². The lowest BCUT2D eigenvalue weighted by atomic mass is 9.86. The van der Waals surface area contributed by atoms with E-state index in [1.165, 1.54) is 6.92 Å². The number of aliphatic carboxylic acids is 1. The molecule has 3 N–H and O–H groups in total. The lowest BCUT2D eigenvalue weighted by Gasteiger charge is -2.26. The van der Waals surface area contributed by atoms with Gasteiger partial charge in [-0.15, -0.1) is 0 Å². The van der Waals surface area contributed by atoms with Crippen LogP contribution in [0.1, 0.15) is 39.0 Å². The van der Waals surface area contributed by atoms with E-state index in [0.717, 1.165) is 0 Å². The molecule has 0 aromatic carbocycles. The summed E-state index contributed by atoms with van der Waals surface area (Å²) in [4.78, 5) is 32.9. The topological polar surface area (TPSA) is 95.5 Å². The number of carboxylic acids is 1. The first-order valence-corrected chi connectivity index (χ1v) is 6.25. The maximum atomic E-state index is 11.5. The van der Waals surface area contributed by atoms with E-state index in [4.69, 9.17) is 5.11 Å². The summed E-state index contributed by atoms with van der Waals surface area (Å²) >= 11 is 0. The summed E-state index contributed by atoms with van der Waals surface area (Å²) in [5.74, 6) is -1.25. The Bertz CT molecular complexity index is 322. The molecule has 102 valence electrons. The summed E-state index contributed by atoms with van der Waals surface area (Å²) in [7, 11) is 0. The maximum absolute atomic E-state index is 11.5. The quantitative estimate of drug-likeness (QED) is 0.658. The van der Waals surface area contributed by atoms with Gasteiger partial charge in [-0.2, -0.15) is 0 Å². The summed E-state index contributed by atoms with van der Waals surface area (Å²) in [6, 6.07) is 0.0745. The van der Waals surface area contributed by atoms with Crippen molar-refractivity contribution in [3.8, 4) is 0 Å². The molecule has 0 radical (unpaired) electrons. The Balaban J connectivity index is 2.18. The normalized spacial score (nSPS) is 23.2. The number of carbonyl (C=O) groups excluding carboxylic acids is 2. The van der Waals surface area contributed by atoms with E-state index in [-0.39, 0.29) is 30.2 Å². The van der Waals surface area contributed by atoms with Crippen LogP contribution < -0.4 is 10.6 Å². The summed E-state index contributed by atoms with van der Waals surface area (Å²) < 4.78 is 0. The van der Waals surface area contributed by atoms with Gasteiger partial charge in [-0.3, -0.25) is 14.4 Å². The number of carboxylic acid groups (broad SMARTS) is 1. The third-order valence-electron chi connectivity index (χ3n) is 3.17. The van der Waals surface area contributed by atoms with Gasteiger partial charge in [-0.1, -0.05) is 0 Å². The lowest BCUT2D eigenvalue weighted by molar-refractivity contribution is -0.142. The molecular weight excluding hydrogens is 236 g/mol. The van der Waals surface area contributed by atoms with Crippen molar-refractivity contribution in [1.29, 1.82) is 0 Å². The van der Waals surface area contributed by atoms with Crippen molar-refractivity contribution in [3.05, 3.63) is 0 Å². The van der Waals surface area contributed by atoms with Crippen molar-refractivity contribution in [3.63, 3.8) is 0 Å². The average Bonchev–Trinajstić information content (AvgIpc) is 2.29. The van der Waals surface area contributed by atoms with Crippen molar-refractivity contribution in [2.24, 2.45) is 5.92 Å². The Kier molecular flexibility index (Phi) is 5.61. The van der Waals surface area contributed by atoms with Gasteiger partial charge in [0, 0.05) is 25.9 Å². The Hall–Kier alpha value is -1.59. The molecule has 0 spiro atoms. The van der Waals surface area contributed by atoms with Crippen LogP contribution in [0.4, 0.5) is 0 Å². The number of nitrogens with one attached hydrogen (secondary N) is 2. The van der Waals surface area contributed by atoms with Crippen molar-refractivity contribution >= 4 is 17.8 Å². The second kappa shape index (κ2) is 6.98. The smallest absolute Gasteiger partial charge is 0.306 e. The van der Waals surface area contributed by atoms with E-state index in [0.29, 0.717) is 32.2 Å².